The van der Waals surface area contributed by atoms with Crippen molar-refractivity contribution >= 4 is 16.9 Å². The van der Waals surface area contributed by atoms with Crippen LogP contribution in [-0.4, -0.2) is 55.3 Å². The summed E-state index contributed by atoms with van der Waals surface area (Å²) in [7, 11) is 3.53. The number of nitrogens with one attached hydrogen (secondary N) is 1. The molecule has 132 valence electrons. The predicted octanol–water partition coefficient (Wildman–Crippen LogP) is 2.49. The largest absolute Gasteiger partial charge is 0.468 e. The molecular formula is C20H24N2O3. The number of hydrogen-bond acceptors (Lipinski definition) is 4. The molecule has 0 saturated carbocycles. The fraction of sp³-hybridized carbons (Fsp3) is 0.450. The number of carbonyl (C=O) groups is 1. The Morgan fingerprint density at radius 3 is 3.00 bits per heavy atom. The van der Waals surface area contributed by atoms with Gasteiger partial charge in [0.25, 0.3) is 0 Å². The minimum Gasteiger partial charge on any atom is -0.468 e. The Morgan fingerprint density at radius 1 is 1.48 bits per heavy atom. The Bertz CT molecular complexity index is 796. The zero-order chi connectivity index (χ0) is 17.7. The second-order valence-electron chi connectivity index (χ2n) is 7.26. The summed E-state index contributed by atoms with van der Waals surface area (Å²) in [5, 5.41) is 1.09. The fourth-order valence-electron chi connectivity index (χ4n) is 4.70. The van der Waals surface area contributed by atoms with E-state index in [9.17, 15) is 4.79 Å². The number of methoxy groups -OCH3 is 1. The highest BCUT2D eigenvalue weighted by molar-refractivity contribution is 5.88. The lowest BCUT2D eigenvalue weighted by Crippen LogP contribution is -2.56. The van der Waals surface area contributed by atoms with E-state index in [1.807, 2.05) is 30.3 Å². The monoisotopic (exact) mass is 340 g/mol. The molecule has 1 N–H and O–H groups in total. The Kier molecular flexibility index (Phi) is 3.74. The Labute approximate surface area is 147 Å². The van der Waals surface area contributed by atoms with Crippen LogP contribution in [0.3, 0.4) is 0 Å². The number of piperidine rings is 1. The van der Waals surface area contributed by atoms with Crippen molar-refractivity contribution < 1.29 is 14.3 Å². The van der Waals surface area contributed by atoms with E-state index in [1.54, 1.807) is 0 Å². The van der Waals surface area contributed by atoms with Gasteiger partial charge in [0.1, 0.15) is 11.0 Å². The van der Waals surface area contributed by atoms with E-state index < -0.39 is 11.0 Å². The number of carbonyl (C=O) groups excluding carboxylic acids is 1. The van der Waals surface area contributed by atoms with Gasteiger partial charge in [-0.2, -0.15) is 0 Å². The fourth-order valence-corrected chi connectivity index (χ4v) is 4.70. The van der Waals surface area contributed by atoms with E-state index in [1.165, 1.54) is 7.11 Å². The number of likely N-dealkylation sites (N-methyl/N-ethyl adjacent to an activating group) is 1. The zero-order valence-corrected chi connectivity index (χ0v) is 14.7. The summed E-state index contributed by atoms with van der Waals surface area (Å²) in [5.41, 5.74) is 0.533. The smallest absolute Gasteiger partial charge is 0.320 e. The number of fused-ring (bicyclic) bond motifs is 2. The van der Waals surface area contributed by atoms with Gasteiger partial charge < -0.3 is 19.4 Å². The summed E-state index contributed by atoms with van der Waals surface area (Å²) < 4.78 is 11.5. The van der Waals surface area contributed by atoms with Crippen LogP contribution in [0, 0.1) is 5.92 Å². The summed E-state index contributed by atoms with van der Waals surface area (Å²) in [5.74, 6) is -0.244. The predicted molar refractivity (Wildman–Crippen MR) is 96.5 cm³/mol. The van der Waals surface area contributed by atoms with Crippen LogP contribution in [0.25, 0.3) is 10.9 Å². The molecule has 0 spiro atoms. The number of ether oxygens (including phenoxy) is 2. The van der Waals surface area contributed by atoms with Crippen LogP contribution >= 0.6 is 0 Å². The molecule has 2 saturated heterocycles. The van der Waals surface area contributed by atoms with Gasteiger partial charge in [0.2, 0.25) is 0 Å². The quantitative estimate of drug-likeness (QED) is 0.689. The number of para-hydroxylation sites is 1. The standard InChI is InChI=1S/C20H24N2O3/c1-4-19-12-22(2)10-9-16(19)20(13-25-19,18(23)24-3)17-11-14-7-5-6-8-15(14)21-17/h4-8,11,16,21H,1,9-10,12-13H2,2-3H3. The Hall–Kier alpha value is -2.11. The molecule has 0 radical (unpaired) electrons. The molecule has 0 bridgehead atoms. The van der Waals surface area contributed by atoms with Crippen LogP contribution in [0.1, 0.15) is 12.1 Å². The van der Waals surface area contributed by atoms with E-state index in [0.29, 0.717) is 6.61 Å². The van der Waals surface area contributed by atoms with Crippen molar-refractivity contribution in [3.63, 3.8) is 0 Å². The summed E-state index contributed by atoms with van der Waals surface area (Å²) in [6, 6.07) is 10.1. The Morgan fingerprint density at radius 2 is 2.28 bits per heavy atom. The molecule has 25 heavy (non-hydrogen) atoms. The number of likely N-dealkylation sites (tertiary alicyclic amines) is 1. The molecule has 1 aromatic heterocycles. The van der Waals surface area contributed by atoms with Crippen molar-refractivity contribution in [2.75, 3.05) is 33.9 Å². The molecular weight excluding hydrogens is 316 g/mol. The van der Waals surface area contributed by atoms with Gasteiger partial charge in [0.15, 0.2) is 0 Å². The van der Waals surface area contributed by atoms with Crippen LogP contribution in [0.5, 0.6) is 0 Å². The average molecular weight is 340 g/mol. The molecule has 0 aliphatic carbocycles. The van der Waals surface area contributed by atoms with Crippen molar-refractivity contribution in [3.8, 4) is 0 Å². The summed E-state index contributed by atoms with van der Waals surface area (Å²) in [6.07, 6.45) is 2.73. The first-order chi connectivity index (χ1) is 12.1. The molecule has 2 aliphatic rings. The highest BCUT2D eigenvalue weighted by Gasteiger charge is 2.64. The third-order valence-electron chi connectivity index (χ3n) is 5.98. The molecule has 2 fully saturated rings. The van der Waals surface area contributed by atoms with Crippen LogP contribution < -0.4 is 0 Å². The molecule has 2 aliphatic heterocycles. The first-order valence-corrected chi connectivity index (χ1v) is 8.68. The lowest BCUT2D eigenvalue weighted by atomic mass is 9.65. The van der Waals surface area contributed by atoms with Gasteiger partial charge in [-0.3, -0.25) is 4.79 Å². The van der Waals surface area contributed by atoms with E-state index >= 15 is 0 Å². The molecule has 2 aromatic rings. The number of aromatic nitrogens is 1. The number of nitrogens with zero attached hydrogens (tertiary/aromatic N) is 1. The lowest BCUT2D eigenvalue weighted by Gasteiger charge is -2.44. The van der Waals surface area contributed by atoms with Crippen molar-refractivity contribution in [3.05, 3.63) is 48.7 Å². The first-order valence-electron chi connectivity index (χ1n) is 8.68. The highest BCUT2D eigenvalue weighted by Crippen LogP contribution is 2.52. The lowest BCUT2D eigenvalue weighted by molar-refractivity contribution is -0.149. The van der Waals surface area contributed by atoms with Crippen molar-refractivity contribution in [2.45, 2.75) is 17.4 Å². The van der Waals surface area contributed by atoms with Crippen LogP contribution in [0.15, 0.2) is 43.0 Å². The second kappa shape index (κ2) is 5.71. The SMILES string of the molecule is C=CC12CN(C)CCC1C(C(=O)OC)(c1cc3ccccc3[nH]1)CO2. The normalized spacial score (nSPS) is 32.5. The molecule has 3 unspecified atom stereocenters. The van der Waals surface area contributed by atoms with Crippen molar-refractivity contribution in [2.24, 2.45) is 5.92 Å². The first kappa shape index (κ1) is 16.4. The van der Waals surface area contributed by atoms with Gasteiger partial charge in [-0.1, -0.05) is 24.3 Å². The maximum Gasteiger partial charge on any atom is 0.320 e. The van der Waals surface area contributed by atoms with E-state index in [2.05, 4.69) is 29.6 Å². The molecule has 0 amide bonds. The summed E-state index contributed by atoms with van der Waals surface area (Å²) in [6.45, 7) is 5.98. The zero-order valence-electron chi connectivity index (χ0n) is 14.7. The van der Waals surface area contributed by atoms with Gasteiger partial charge in [-0.15, -0.1) is 6.58 Å². The van der Waals surface area contributed by atoms with Gasteiger partial charge in [0, 0.05) is 23.7 Å². The third kappa shape index (κ3) is 2.19. The van der Waals surface area contributed by atoms with Gasteiger partial charge in [0.05, 0.1) is 13.7 Å². The molecule has 1 aromatic carbocycles. The molecule has 4 rings (SSSR count). The van der Waals surface area contributed by atoms with Gasteiger partial charge >= 0.3 is 5.97 Å². The number of esters is 1. The molecule has 3 atom stereocenters. The minimum atomic E-state index is -0.830. The number of H-pyrrole nitrogens is 1. The minimum absolute atomic E-state index is 0.00536. The van der Waals surface area contributed by atoms with Gasteiger partial charge in [-0.25, -0.2) is 0 Å². The number of hydrogen-bond donors (Lipinski definition) is 1. The highest BCUT2D eigenvalue weighted by atomic mass is 16.5. The maximum absolute atomic E-state index is 13.0. The summed E-state index contributed by atoms with van der Waals surface area (Å²) in [4.78, 5) is 18.7. The molecule has 5 nitrogen and oxygen atoms in total. The maximum atomic E-state index is 13.0. The van der Waals surface area contributed by atoms with Crippen LogP contribution in [0.2, 0.25) is 0 Å². The summed E-state index contributed by atoms with van der Waals surface area (Å²) >= 11 is 0. The molecule has 3 heterocycles. The van der Waals surface area contributed by atoms with Gasteiger partial charge in [-0.05, 0) is 37.5 Å². The Balaban J connectivity index is 1.89. The number of aromatic amines is 1. The molecule has 5 heteroatoms. The number of rotatable bonds is 3. The third-order valence-corrected chi connectivity index (χ3v) is 5.98. The van der Waals surface area contributed by atoms with E-state index in [4.69, 9.17) is 9.47 Å². The van der Waals surface area contributed by atoms with E-state index in [-0.39, 0.29) is 11.9 Å². The van der Waals surface area contributed by atoms with E-state index in [0.717, 1.165) is 36.1 Å². The van der Waals surface area contributed by atoms with Crippen LogP contribution in [0.4, 0.5) is 0 Å². The topological polar surface area (TPSA) is 54.6 Å². The van der Waals surface area contributed by atoms with Crippen molar-refractivity contribution in [1.29, 1.82) is 0 Å². The number of benzene rings is 1. The van der Waals surface area contributed by atoms with Crippen molar-refractivity contribution in [1.82, 2.24) is 9.88 Å². The average Bonchev–Trinajstić information content (AvgIpc) is 3.20. The van der Waals surface area contributed by atoms with Crippen LogP contribution in [-0.2, 0) is 19.7 Å². The second-order valence-corrected chi connectivity index (χ2v) is 7.26.